The quantitative estimate of drug-likeness (QED) is 0.524. The van der Waals surface area contributed by atoms with Gasteiger partial charge in [0, 0.05) is 50.8 Å². The zero-order valence-corrected chi connectivity index (χ0v) is 20.7. The molecule has 9 nitrogen and oxygen atoms in total. The number of hydrogen-bond acceptors (Lipinski definition) is 6. The number of fused-ring (bicyclic) bond motifs is 1. The second-order valence-electron chi connectivity index (χ2n) is 9.98. The van der Waals surface area contributed by atoms with Gasteiger partial charge >= 0.3 is 0 Å². The number of likely N-dealkylation sites (tertiary alicyclic amines) is 1. The predicted molar refractivity (Wildman–Crippen MR) is 135 cm³/mol. The van der Waals surface area contributed by atoms with Crippen molar-refractivity contribution in [1.29, 1.82) is 0 Å². The maximum Gasteiger partial charge on any atom is 0.255 e. The van der Waals surface area contributed by atoms with Gasteiger partial charge in [-0.1, -0.05) is 30.3 Å². The van der Waals surface area contributed by atoms with Crippen molar-refractivity contribution in [2.45, 2.75) is 44.5 Å². The average Bonchev–Trinajstić information content (AvgIpc) is 3.58. The lowest BCUT2D eigenvalue weighted by atomic mass is 10.0. The molecule has 9 heteroatoms. The smallest absolute Gasteiger partial charge is 0.255 e. The molecule has 0 radical (unpaired) electrons. The van der Waals surface area contributed by atoms with Gasteiger partial charge in [-0.3, -0.25) is 24.6 Å². The third kappa shape index (κ3) is 4.51. The maximum absolute atomic E-state index is 12.9. The summed E-state index contributed by atoms with van der Waals surface area (Å²) >= 11 is 0. The summed E-state index contributed by atoms with van der Waals surface area (Å²) in [5.74, 6) is 0.835. The summed E-state index contributed by atoms with van der Waals surface area (Å²) < 4.78 is 8.45. The van der Waals surface area contributed by atoms with E-state index in [1.165, 1.54) is 0 Å². The van der Waals surface area contributed by atoms with Crippen molar-refractivity contribution in [2.24, 2.45) is 7.05 Å². The van der Waals surface area contributed by atoms with Crippen LogP contribution >= 0.6 is 0 Å². The van der Waals surface area contributed by atoms with Crippen molar-refractivity contribution >= 4 is 17.7 Å². The Kier molecular flexibility index (Phi) is 6.00. The molecule has 2 fully saturated rings. The minimum Gasteiger partial charge on any atom is -0.489 e. The molecule has 2 aromatic carbocycles. The fraction of sp³-hybridized carbons (Fsp3) is 0.357. The van der Waals surface area contributed by atoms with E-state index in [1.807, 2.05) is 36.5 Å². The molecule has 0 saturated carbocycles. The van der Waals surface area contributed by atoms with Gasteiger partial charge in [0.1, 0.15) is 23.7 Å². The van der Waals surface area contributed by atoms with Gasteiger partial charge in [0.15, 0.2) is 0 Å². The maximum atomic E-state index is 12.9. The molecule has 0 spiro atoms. The molecule has 3 aromatic rings. The van der Waals surface area contributed by atoms with Gasteiger partial charge in [-0.25, -0.2) is 4.98 Å². The number of piperidine rings is 1. The minimum absolute atomic E-state index is 0.0585. The van der Waals surface area contributed by atoms with Crippen LogP contribution in [0.1, 0.15) is 40.9 Å². The van der Waals surface area contributed by atoms with Crippen LogP contribution in [0.3, 0.4) is 0 Å². The predicted octanol–water partition coefficient (Wildman–Crippen LogP) is 2.50. The number of imide groups is 1. The fourth-order valence-electron chi connectivity index (χ4n) is 5.53. The number of hydrogen-bond donors (Lipinski definition) is 1. The number of benzene rings is 2. The highest BCUT2D eigenvalue weighted by Gasteiger charge is 2.39. The Labute approximate surface area is 215 Å². The summed E-state index contributed by atoms with van der Waals surface area (Å²) in [6, 6.07) is 15.1. The number of amides is 3. The molecule has 0 bridgehead atoms. The first-order valence-corrected chi connectivity index (χ1v) is 12.7. The van der Waals surface area contributed by atoms with Gasteiger partial charge in [0.05, 0.1) is 11.9 Å². The molecular weight excluding hydrogens is 470 g/mol. The Bertz CT molecular complexity index is 1370. The second kappa shape index (κ2) is 9.48. The molecule has 0 aliphatic carbocycles. The first-order valence-electron chi connectivity index (χ1n) is 12.7. The monoisotopic (exact) mass is 499 g/mol. The van der Waals surface area contributed by atoms with Crippen molar-refractivity contribution < 1.29 is 19.1 Å². The number of imidazole rings is 1. The molecule has 1 unspecified atom stereocenters. The SMILES string of the molecule is Cn1c(CN2CC[C@H](Oc3ccc4c(c3)CN(C3CCC(=O)NC3=O)C4=O)C2)cnc1-c1ccccc1. The van der Waals surface area contributed by atoms with Crippen LogP contribution in [0, 0.1) is 0 Å². The average molecular weight is 500 g/mol. The van der Waals surface area contributed by atoms with E-state index in [-0.39, 0.29) is 24.3 Å². The largest absolute Gasteiger partial charge is 0.489 e. The lowest BCUT2D eigenvalue weighted by Crippen LogP contribution is -2.52. The molecule has 190 valence electrons. The number of ether oxygens (including phenoxy) is 1. The second-order valence-corrected chi connectivity index (χ2v) is 9.98. The van der Waals surface area contributed by atoms with Gasteiger partial charge in [0.25, 0.3) is 5.91 Å². The van der Waals surface area contributed by atoms with Gasteiger partial charge < -0.3 is 14.2 Å². The topological polar surface area (TPSA) is 96.8 Å². The highest BCUT2D eigenvalue weighted by molar-refractivity contribution is 6.05. The van der Waals surface area contributed by atoms with E-state index in [9.17, 15) is 14.4 Å². The van der Waals surface area contributed by atoms with E-state index in [1.54, 1.807) is 11.0 Å². The number of nitrogens with one attached hydrogen (secondary N) is 1. The van der Waals surface area contributed by atoms with Crippen molar-refractivity contribution in [3.8, 4) is 17.1 Å². The van der Waals surface area contributed by atoms with E-state index in [0.717, 1.165) is 54.4 Å². The normalized spacial score (nSPS) is 21.9. The third-order valence-corrected chi connectivity index (χ3v) is 7.53. The molecule has 1 aromatic heterocycles. The molecule has 1 N–H and O–H groups in total. The number of carbonyl (C=O) groups excluding carboxylic acids is 3. The number of rotatable bonds is 6. The summed E-state index contributed by atoms with van der Waals surface area (Å²) in [5, 5.41) is 2.34. The molecular formula is C28H29N5O4. The van der Waals surface area contributed by atoms with Crippen LogP contribution in [0.2, 0.25) is 0 Å². The van der Waals surface area contributed by atoms with E-state index in [4.69, 9.17) is 4.74 Å². The standard InChI is InChI=1S/C28H29N5O4/c1-31-20(14-29-26(31)18-5-3-2-4-6-18)16-32-12-11-22(17-32)37-21-7-8-23-19(13-21)15-33(28(23)36)24-9-10-25(34)30-27(24)35/h2-8,13-14,22,24H,9-12,15-17H2,1H3,(H,30,34,35)/t22-,24?/m0/s1. The van der Waals surface area contributed by atoms with Gasteiger partial charge in [-0.15, -0.1) is 0 Å². The van der Waals surface area contributed by atoms with Crippen molar-refractivity contribution in [2.75, 3.05) is 13.1 Å². The highest BCUT2D eigenvalue weighted by Crippen LogP contribution is 2.31. The minimum atomic E-state index is -0.611. The van der Waals surface area contributed by atoms with E-state index in [2.05, 4.69) is 38.9 Å². The summed E-state index contributed by atoms with van der Waals surface area (Å²) in [4.78, 5) is 45.3. The van der Waals surface area contributed by atoms with Crippen LogP contribution in [-0.4, -0.2) is 62.3 Å². The third-order valence-electron chi connectivity index (χ3n) is 7.53. The Morgan fingerprint density at radius 2 is 1.92 bits per heavy atom. The lowest BCUT2D eigenvalue weighted by Gasteiger charge is -2.29. The zero-order valence-electron chi connectivity index (χ0n) is 20.7. The molecule has 6 rings (SSSR count). The van der Waals surface area contributed by atoms with Gasteiger partial charge in [0.2, 0.25) is 11.8 Å². The Balaban J connectivity index is 1.08. The number of carbonyl (C=O) groups is 3. The van der Waals surface area contributed by atoms with Crippen molar-refractivity contribution in [1.82, 2.24) is 24.7 Å². The van der Waals surface area contributed by atoms with E-state index < -0.39 is 11.9 Å². The first-order chi connectivity index (χ1) is 18.0. The molecule has 2 atom stereocenters. The Morgan fingerprint density at radius 3 is 2.73 bits per heavy atom. The van der Waals surface area contributed by atoms with E-state index >= 15 is 0 Å². The molecule has 3 aliphatic heterocycles. The van der Waals surface area contributed by atoms with Gasteiger partial charge in [-0.05, 0) is 36.6 Å². The van der Waals surface area contributed by atoms with Gasteiger partial charge in [-0.2, -0.15) is 0 Å². The summed E-state index contributed by atoms with van der Waals surface area (Å²) in [7, 11) is 2.05. The van der Waals surface area contributed by atoms with Crippen LogP contribution in [0.25, 0.3) is 11.4 Å². The zero-order chi connectivity index (χ0) is 25.5. The van der Waals surface area contributed by atoms with Crippen LogP contribution in [-0.2, 0) is 29.7 Å². The summed E-state index contributed by atoms with van der Waals surface area (Å²) in [5.41, 5.74) is 3.70. The number of nitrogens with zero attached hydrogens (tertiary/aromatic N) is 4. The fourth-order valence-corrected chi connectivity index (χ4v) is 5.53. The molecule has 3 aliphatic rings. The van der Waals surface area contributed by atoms with Crippen LogP contribution in [0.5, 0.6) is 5.75 Å². The summed E-state index contributed by atoms with van der Waals surface area (Å²) in [6.07, 6.45) is 3.53. The summed E-state index contributed by atoms with van der Waals surface area (Å²) in [6.45, 7) is 2.89. The molecule has 37 heavy (non-hydrogen) atoms. The number of aromatic nitrogens is 2. The van der Waals surface area contributed by atoms with Crippen molar-refractivity contribution in [3.63, 3.8) is 0 Å². The molecule has 2 saturated heterocycles. The Morgan fingerprint density at radius 1 is 1.08 bits per heavy atom. The van der Waals surface area contributed by atoms with Crippen LogP contribution < -0.4 is 10.1 Å². The Hall–Kier alpha value is -3.98. The van der Waals surface area contributed by atoms with Crippen molar-refractivity contribution in [3.05, 3.63) is 71.5 Å². The first kappa shape index (κ1) is 23.4. The molecule has 4 heterocycles. The van der Waals surface area contributed by atoms with E-state index in [0.29, 0.717) is 18.5 Å². The lowest BCUT2D eigenvalue weighted by molar-refractivity contribution is -0.136. The van der Waals surface area contributed by atoms with Crippen LogP contribution in [0.4, 0.5) is 0 Å². The van der Waals surface area contributed by atoms with Crippen LogP contribution in [0.15, 0.2) is 54.7 Å². The highest BCUT2D eigenvalue weighted by atomic mass is 16.5. The molecule has 3 amide bonds.